The zero-order chi connectivity index (χ0) is 14.9. The van der Waals surface area contributed by atoms with Crippen molar-refractivity contribution >= 4 is 0 Å². The summed E-state index contributed by atoms with van der Waals surface area (Å²) in [6, 6.07) is 6.00. The van der Waals surface area contributed by atoms with E-state index >= 15 is 0 Å². The van der Waals surface area contributed by atoms with Crippen LogP contribution in [0.2, 0.25) is 0 Å². The van der Waals surface area contributed by atoms with Gasteiger partial charge in [0.1, 0.15) is 18.1 Å². The third kappa shape index (κ3) is 5.24. The molecule has 0 aromatic heterocycles. The van der Waals surface area contributed by atoms with Crippen LogP contribution in [0, 0.1) is 0 Å². The van der Waals surface area contributed by atoms with E-state index in [1.807, 2.05) is 18.2 Å². The molecule has 1 heterocycles. The smallest absolute Gasteiger partial charge is 0.127 e. The fourth-order valence-electron chi connectivity index (χ4n) is 2.73. The first-order valence-corrected chi connectivity index (χ1v) is 8.46. The van der Waals surface area contributed by atoms with Gasteiger partial charge in [0.25, 0.3) is 0 Å². The lowest BCUT2D eigenvalue weighted by atomic mass is 10.1. The number of ether oxygens (including phenoxy) is 2. The maximum atomic E-state index is 5.93. The van der Waals surface area contributed by atoms with Crippen molar-refractivity contribution in [3.63, 3.8) is 0 Å². The van der Waals surface area contributed by atoms with Crippen LogP contribution in [0.15, 0.2) is 18.2 Å². The van der Waals surface area contributed by atoms with E-state index in [9.17, 15) is 0 Å². The Morgan fingerprint density at radius 1 is 1.10 bits per heavy atom. The van der Waals surface area contributed by atoms with E-state index in [0.717, 1.165) is 30.1 Å². The first-order chi connectivity index (χ1) is 10.3. The minimum absolute atomic E-state index is 0.0155. The van der Waals surface area contributed by atoms with E-state index in [4.69, 9.17) is 15.2 Å². The van der Waals surface area contributed by atoms with E-state index in [0.29, 0.717) is 6.61 Å². The molecule has 3 nitrogen and oxygen atoms in total. The zero-order valence-electron chi connectivity index (χ0n) is 13.3. The highest BCUT2D eigenvalue weighted by atomic mass is 16.5. The standard InChI is InChI=1S/C18H29NO2/c1-2-3-4-5-6-7-8-9-12-20-15-10-11-16-17(19)14-21-18(16)13-15/h10-11,13,17H,2-9,12,14,19H2,1H3. The van der Waals surface area contributed by atoms with Crippen LogP contribution in [0.5, 0.6) is 11.5 Å². The van der Waals surface area contributed by atoms with Crippen LogP contribution in [0.25, 0.3) is 0 Å². The molecule has 1 aliphatic rings. The normalized spacial score (nSPS) is 16.6. The second kappa shape index (κ2) is 8.93. The second-order valence-corrected chi connectivity index (χ2v) is 5.94. The van der Waals surface area contributed by atoms with Crippen LogP contribution >= 0.6 is 0 Å². The molecule has 0 amide bonds. The van der Waals surface area contributed by atoms with Crippen LogP contribution in [-0.2, 0) is 0 Å². The number of rotatable bonds is 10. The largest absolute Gasteiger partial charge is 0.493 e. The molecular weight excluding hydrogens is 262 g/mol. The van der Waals surface area contributed by atoms with E-state index in [-0.39, 0.29) is 6.04 Å². The average Bonchev–Trinajstić information content (AvgIpc) is 2.86. The molecule has 0 spiro atoms. The fraction of sp³-hybridized carbons (Fsp3) is 0.667. The fourth-order valence-corrected chi connectivity index (χ4v) is 2.73. The summed E-state index contributed by atoms with van der Waals surface area (Å²) in [4.78, 5) is 0. The highest BCUT2D eigenvalue weighted by molar-refractivity contribution is 5.44. The van der Waals surface area contributed by atoms with Gasteiger partial charge in [0.05, 0.1) is 12.6 Å². The molecule has 118 valence electrons. The summed E-state index contributed by atoms with van der Waals surface area (Å²) < 4.78 is 11.3. The van der Waals surface area contributed by atoms with Gasteiger partial charge in [-0.1, -0.05) is 51.9 Å². The van der Waals surface area contributed by atoms with Gasteiger partial charge in [-0.3, -0.25) is 0 Å². The SMILES string of the molecule is CCCCCCCCCCOc1ccc2c(c1)OCC2N. The van der Waals surface area contributed by atoms with E-state index in [1.165, 1.54) is 44.9 Å². The minimum atomic E-state index is 0.0155. The summed E-state index contributed by atoms with van der Waals surface area (Å²) in [6.07, 6.45) is 10.6. The van der Waals surface area contributed by atoms with Gasteiger partial charge in [0.15, 0.2) is 0 Å². The van der Waals surface area contributed by atoms with Gasteiger partial charge in [-0.25, -0.2) is 0 Å². The number of hydrogen-bond donors (Lipinski definition) is 1. The van der Waals surface area contributed by atoms with E-state index < -0.39 is 0 Å². The lowest BCUT2D eigenvalue weighted by molar-refractivity contribution is 0.299. The van der Waals surface area contributed by atoms with Gasteiger partial charge in [0, 0.05) is 11.6 Å². The number of nitrogens with two attached hydrogens (primary N) is 1. The van der Waals surface area contributed by atoms with Crippen LogP contribution in [0.3, 0.4) is 0 Å². The molecule has 1 atom stereocenters. The van der Waals surface area contributed by atoms with Gasteiger partial charge in [0.2, 0.25) is 0 Å². The molecule has 3 heteroatoms. The average molecular weight is 291 g/mol. The highest BCUT2D eigenvalue weighted by Gasteiger charge is 2.20. The molecule has 1 aromatic rings. The van der Waals surface area contributed by atoms with Crippen molar-refractivity contribution in [1.82, 2.24) is 0 Å². The van der Waals surface area contributed by atoms with Crippen molar-refractivity contribution in [1.29, 1.82) is 0 Å². The van der Waals surface area contributed by atoms with Crippen LogP contribution in [-0.4, -0.2) is 13.2 Å². The van der Waals surface area contributed by atoms with Crippen molar-refractivity contribution in [2.45, 2.75) is 64.3 Å². The van der Waals surface area contributed by atoms with Crippen molar-refractivity contribution in [2.75, 3.05) is 13.2 Å². The molecule has 0 aliphatic carbocycles. The lowest BCUT2D eigenvalue weighted by Crippen LogP contribution is -2.10. The van der Waals surface area contributed by atoms with E-state index in [1.54, 1.807) is 0 Å². The molecular formula is C18H29NO2. The molecule has 0 saturated carbocycles. The minimum Gasteiger partial charge on any atom is -0.493 e. The maximum absolute atomic E-state index is 5.93. The third-order valence-electron chi connectivity index (χ3n) is 4.07. The number of benzene rings is 1. The number of unbranched alkanes of at least 4 members (excludes halogenated alkanes) is 7. The highest BCUT2D eigenvalue weighted by Crippen LogP contribution is 2.33. The molecule has 2 N–H and O–H groups in total. The molecule has 0 saturated heterocycles. The summed E-state index contributed by atoms with van der Waals surface area (Å²) >= 11 is 0. The van der Waals surface area contributed by atoms with Crippen LogP contribution in [0.4, 0.5) is 0 Å². The van der Waals surface area contributed by atoms with Gasteiger partial charge >= 0.3 is 0 Å². The Hall–Kier alpha value is -1.22. The predicted molar refractivity (Wildman–Crippen MR) is 87.0 cm³/mol. The van der Waals surface area contributed by atoms with Crippen molar-refractivity contribution in [3.05, 3.63) is 23.8 Å². The quantitative estimate of drug-likeness (QED) is 0.641. The summed E-state index contributed by atoms with van der Waals surface area (Å²) in [5, 5.41) is 0. The third-order valence-corrected chi connectivity index (χ3v) is 4.07. The molecule has 0 fully saturated rings. The Balaban J connectivity index is 1.55. The Morgan fingerprint density at radius 3 is 2.57 bits per heavy atom. The molecule has 1 aromatic carbocycles. The summed E-state index contributed by atoms with van der Waals surface area (Å²) in [5.41, 5.74) is 7.02. The van der Waals surface area contributed by atoms with Crippen molar-refractivity contribution in [3.8, 4) is 11.5 Å². The summed E-state index contributed by atoms with van der Waals surface area (Å²) in [6.45, 7) is 3.63. The van der Waals surface area contributed by atoms with Gasteiger partial charge in [-0.2, -0.15) is 0 Å². The molecule has 2 rings (SSSR count). The number of fused-ring (bicyclic) bond motifs is 1. The Kier molecular flexibility index (Phi) is 6.87. The molecule has 21 heavy (non-hydrogen) atoms. The Bertz CT molecular complexity index is 420. The number of hydrogen-bond acceptors (Lipinski definition) is 3. The van der Waals surface area contributed by atoms with Gasteiger partial charge in [-0.15, -0.1) is 0 Å². The van der Waals surface area contributed by atoms with E-state index in [2.05, 4.69) is 6.92 Å². The van der Waals surface area contributed by atoms with Crippen molar-refractivity contribution in [2.24, 2.45) is 5.73 Å². The topological polar surface area (TPSA) is 44.5 Å². The molecule has 1 unspecified atom stereocenters. The second-order valence-electron chi connectivity index (χ2n) is 5.94. The summed E-state index contributed by atoms with van der Waals surface area (Å²) in [7, 11) is 0. The zero-order valence-corrected chi connectivity index (χ0v) is 13.3. The Morgan fingerprint density at radius 2 is 1.81 bits per heavy atom. The summed E-state index contributed by atoms with van der Waals surface area (Å²) in [5.74, 6) is 1.78. The molecule has 1 aliphatic heterocycles. The van der Waals surface area contributed by atoms with Gasteiger partial charge < -0.3 is 15.2 Å². The first-order valence-electron chi connectivity index (χ1n) is 8.46. The monoisotopic (exact) mass is 291 g/mol. The maximum Gasteiger partial charge on any atom is 0.127 e. The molecule has 0 radical (unpaired) electrons. The molecule has 0 bridgehead atoms. The van der Waals surface area contributed by atoms with Gasteiger partial charge in [-0.05, 0) is 18.6 Å². The van der Waals surface area contributed by atoms with Crippen molar-refractivity contribution < 1.29 is 9.47 Å². The van der Waals surface area contributed by atoms with Crippen LogP contribution < -0.4 is 15.2 Å². The Labute approximate surface area is 128 Å². The first kappa shape index (κ1) is 16.2. The predicted octanol–water partition coefficient (Wildman–Crippen LogP) is 4.60. The van der Waals surface area contributed by atoms with Crippen LogP contribution in [0.1, 0.15) is 69.9 Å². The lowest BCUT2D eigenvalue weighted by Gasteiger charge is -2.08.